The number of halogens is 2. The maximum absolute atomic E-state index is 12.0. The van der Waals surface area contributed by atoms with E-state index in [9.17, 15) is 9.59 Å². The van der Waals surface area contributed by atoms with Gasteiger partial charge in [0.15, 0.2) is 0 Å². The smallest absolute Gasteiger partial charge is 0.253 e. The number of anilines is 1. The summed E-state index contributed by atoms with van der Waals surface area (Å²) in [6.45, 7) is 3.72. The zero-order valence-electron chi connectivity index (χ0n) is 12.6. The van der Waals surface area contributed by atoms with E-state index in [4.69, 9.17) is 23.2 Å². The molecule has 0 aliphatic rings. The first-order valence-corrected chi connectivity index (χ1v) is 7.70. The Morgan fingerprint density at radius 2 is 2.00 bits per heavy atom. The molecule has 0 atom stereocenters. The van der Waals surface area contributed by atoms with Gasteiger partial charge in [-0.05, 0) is 32.0 Å². The lowest BCUT2D eigenvalue weighted by Gasteiger charge is -2.12. The van der Waals surface area contributed by atoms with Gasteiger partial charge in [0, 0.05) is 17.1 Å². The summed E-state index contributed by atoms with van der Waals surface area (Å²) in [4.78, 5) is 24.0. The van der Waals surface area contributed by atoms with Crippen molar-refractivity contribution in [3.05, 3.63) is 46.1 Å². The average molecular weight is 355 g/mol. The van der Waals surface area contributed by atoms with Crippen LogP contribution in [0.4, 0.5) is 5.82 Å². The number of carbonyl (C=O) groups is 2. The normalized spacial score (nSPS) is 10.7. The molecule has 0 aliphatic heterocycles. The molecule has 1 heterocycles. The number of carbonyl (C=O) groups excluding carboxylic acids is 2. The van der Waals surface area contributed by atoms with Gasteiger partial charge in [-0.15, -0.1) is 0 Å². The van der Waals surface area contributed by atoms with E-state index in [0.717, 1.165) is 0 Å². The molecule has 122 valence electrons. The number of hydrogen-bond donors (Lipinski definition) is 2. The molecule has 0 radical (unpaired) electrons. The molecule has 0 aliphatic carbocycles. The fourth-order valence-electron chi connectivity index (χ4n) is 1.94. The van der Waals surface area contributed by atoms with Crippen LogP contribution in [-0.4, -0.2) is 28.1 Å². The van der Waals surface area contributed by atoms with Gasteiger partial charge >= 0.3 is 0 Å². The van der Waals surface area contributed by atoms with Crippen molar-refractivity contribution in [3.63, 3.8) is 0 Å². The van der Waals surface area contributed by atoms with Crippen LogP contribution >= 0.6 is 23.2 Å². The summed E-state index contributed by atoms with van der Waals surface area (Å²) in [5.41, 5.74) is 0.260. The molecule has 23 heavy (non-hydrogen) atoms. The average Bonchev–Trinajstić information content (AvgIpc) is 2.93. The molecule has 6 nitrogen and oxygen atoms in total. The summed E-state index contributed by atoms with van der Waals surface area (Å²) in [7, 11) is 0. The zero-order valence-corrected chi connectivity index (χ0v) is 14.1. The lowest BCUT2D eigenvalue weighted by atomic mass is 10.2. The van der Waals surface area contributed by atoms with Gasteiger partial charge in [-0.3, -0.25) is 9.59 Å². The summed E-state index contributed by atoms with van der Waals surface area (Å²) in [5, 5.41) is 9.99. The molecule has 0 bridgehead atoms. The highest BCUT2D eigenvalue weighted by molar-refractivity contribution is 6.36. The van der Waals surface area contributed by atoms with Gasteiger partial charge in [-0.25, -0.2) is 4.68 Å². The first kappa shape index (κ1) is 17.3. The van der Waals surface area contributed by atoms with E-state index in [1.54, 1.807) is 23.0 Å². The van der Waals surface area contributed by atoms with Gasteiger partial charge in [0.05, 0.1) is 23.3 Å². The van der Waals surface area contributed by atoms with Crippen molar-refractivity contribution in [2.45, 2.75) is 19.9 Å². The number of nitrogens with zero attached hydrogens (tertiary/aromatic N) is 2. The Bertz CT molecular complexity index is 728. The second-order valence-corrected chi connectivity index (χ2v) is 5.95. The van der Waals surface area contributed by atoms with Crippen LogP contribution in [0.25, 0.3) is 0 Å². The summed E-state index contributed by atoms with van der Waals surface area (Å²) in [6, 6.07) is 6.34. The molecular formula is C15H16Cl2N4O2. The van der Waals surface area contributed by atoms with Crippen molar-refractivity contribution < 1.29 is 9.59 Å². The molecule has 2 rings (SSSR count). The molecule has 8 heteroatoms. The summed E-state index contributed by atoms with van der Waals surface area (Å²) in [5.74, 6) is -0.228. The summed E-state index contributed by atoms with van der Waals surface area (Å²) in [6.07, 6.45) is 1.60. The van der Waals surface area contributed by atoms with E-state index in [-0.39, 0.29) is 29.1 Å². The number of rotatable bonds is 5. The van der Waals surface area contributed by atoms with Crippen LogP contribution < -0.4 is 10.6 Å². The van der Waals surface area contributed by atoms with Crippen LogP contribution in [-0.2, 0) is 4.79 Å². The van der Waals surface area contributed by atoms with Crippen molar-refractivity contribution in [3.8, 4) is 0 Å². The lowest BCUT2D eigenvalue weighted by molar-refractivity contribution is -0.115. The minimum Gasteiger partial charge on any atom is -0.343 e. The van der Waals surface area contributed by atoms with Gasteiger partial charge < -0.3 is 10.6 Å². The minimum atomic E-state index is -0.445. The first-order chi connectivity index (χ1) is 10.9. The van der Waals surface area contributed by atoms with E-state index in [2.05, 4.69) is 15.7 Å². The second kappa shape index (κ2) is 7.48. The number of benzene rings is 1. The van der Waals surface area contributed by atoms with Crippen molar-refractivity contribution in [1.29, 1.82) is 0 Å². The zero-order chi connectivity index (χ0) is 17.0. The Morgan fingerprint density at radius 1 is 1.26 bits per heavy atom. The van der Waals surface area contributed by atoms with Gasteiger partial charge in [0.1, 0.15) is 5.82 Å². The Balaban J connectivity index is 1.93. The molecule has 0 saturated heterocycles. The Kier molecular flexibility index (Phi) is 5.63. The molecule has 1 aromatic carbocycles. The van der Waals surface area contributed by atoms with Gasteiger partial charge in [0.2, 0.25) is 5.91 Å². The molecule has 0 saturated carbocycles. The lowest BCUT2D eigenvalue weighted by Crippen LogP contribution is -2.33. The van der Waals surface area contributed by atoms with Crippen LogP contribution in [0.2, 0.25) is 10.0 Å². The summed E-state index contributed by atoms with van der Waals surface area (Å²) < 4.78 is 1.68. The monoisotopic (exact) mass is 354 g/mol. The fourth-order valence-corrected chi connectivity index (χ4v) is 2.44. The van der Waals surface area contributed by atoms with Crippen molar-refractivity contribution in [2.24, 2.45) is 0 Å². The third kappa shape index (κ3) is 4.46. The standard InChI is InChI=1S/C15H16Cl2N4O2/c1-9(2)21-13(5-6-19-21)20-14(22)8-18-15(23)11-4-3-10(16)7-12(11)17/h3-7,9H,8H2,1-2H3,(H,18,23)(H,20,22). The molecule has 0 spiro atoms. The molecule has 1 aromatic heterocycles. The van der Waals surface area contributed by atoms with E-state index in [1.165, 1.54) is 12.1 Å². The Hall–Kier alpha value is -2.05. The van der Waals surface area contributed by atoms with Crippen LogP contribution in [0.15, 0.2) is 30.5 Å². The van der Waals surface area contributed by atoms with E-state index < -0.39 is 5.91 Å². The fraction of sp³-hybridized carbons (Fsp3) is 0.267. The number of aromatic nitrogens is 2. The highest BCUT2D eigenvalue weighted by Gasteiger charge is 2.13. The molecule has 0 unspecified atom stereocenters. The quantitative estimate of drug-likeness (QED) is 0.865. The molecule has 0 fully saturated rings. The highest BCUT2D eigenvalue weighted by Crippen LogP contribution is 2.20. The second-order valence-electron chi connectivity index (χ2n) is 5.11. The number of hydrogen-bond acceptors (Lipinski definition) is 3. The Morgan fingerprint density at radius 3 is 2.65 bits per heavy atom. The third-order valence-corrected chi connectivity index (χ3v) is 3.56. The molecule has 2 N–H and O–H groups in total. The Labute approximate surface area is 143 Å². The predicted octanol–water partition coefficient (Wildman–Crippen LogP) is 3.14. The first-order valence-electron chi connectivity index (χ1n) is 6.95. The topological polar surface area (TPSA) is 76.0 Å². The van der Waals surface area contributed by atoms with Crippen LogP contribution in [0.5, 0.6) is 0 Å². The van der Waals surface area contributed by atoms with Gasteiger partial charge in [0.25, 0.3) is 5.91 Å². The van der Waals surface area contributed by atoms with Crippen LogP contribution in [0.1, 0.15) is 30.2 Å². The molecule has 2 amide bonds. The van der Waals surface area contributed by atoms with E-state index in [1.807, 2.05) is 13.8 Å². The van der Waals surface area contributed by atoms with Crippen molar-refractivity contribution in [2.75, 3.05) is 11.9 Å². The number of nitrogens with one attached hydrogen (secondary N) is 2. The van der Waals surface area contributed by atoms with Gasteiger partial charge in [-0.2, -0.15) is 5.10 Å². The molecular weight excluding hydrogens is 339 g/mol. The predicted molar refractivity (Wildman–Crippen MR) is 90.0 cm³/mol. The third-order valence-electron chi connectivity index (χ3n) is 3.01. The maximum Gasteiger partial charge on any atom is 0.253 e. The minimum absolute atomic E-state index is 0.114. The highest BCUT2D eigenvalue weighted by atomic mass is 35.5. The van der Waals surface area contributed by atoms with E-state index >= 15 is 0 Å². The van der Waals surface area contributed by atoms with Crippen molar-refractivity contribution in [1.82, 2.24) is 15.1 Å². The SMILES string of the molecule is CC(C)n1nccc1NC(=O)CNC(=O)c1ccc(Cl)cc1Cl. The van der Waals surface area contributed by atoms with Crippen LogP contribution in [0, 0.1) is 0 Å². The summed E-state index contributed by atoms with van der Waals surface area (Å²) >= 11 is 11.7. The maximum atomic E-state index is 12.0. The number of amides is 2. The molecule has 2 aromatic rings. The van der Waals surface area contributed by atoms with E-state index in [0.29, 0.717) is 10.8 Å². The van der Waals surface area contributed by atoms with Gasteiger partial charge in [-0.1, -0.05) is 23.2 Å². The van der Waals surface area contributed by atoms with Crippen molar-refractivity contribution >= 4 is 40.8 Å². The van der Waals surface area contributed by atoms with Crippen LogP contribution in [0.3, 0.4) is 0 Å². The largest absolute Gasteiger partial charge is 0.343 e.